The van der Waals surface area contributed by atoms with E-state index in [1.165, 1.54) is 0 Å². The van der Waals surface area contributed by atoms with E-state index in [1.54, 1.807) is 0 Å². The van der Waals surface area contributed by atoms with Crippen molar-refractivity contribution in [2.75, 3.05) is 13.1 Å². The lowest BCUT2D eigenvalue weighted by Gasteiger charge is -2.15. The normalized spacial score (nSPS) is 21.9. The summed E-state index contributed by atoms with van der Waals surface area (Å²) in [5.74, 6) is 0.216. The van der Waals surface area contributed by atoms with Gasteiger partial charge in [0.05, 0.1) is 12.3 Å². The number of hydrogen-bond acceptors (Lipinski definition) is 3. The number of aromatic nitrogens is 2. The molecule has 2 atom stereocenters. The molecule has 1 saturated carbocycles. The predicted molar refractivity (Wildman–Crippen MR) is 76.3 cm³/mol. The van der Waals surface area contributed by atoms with Crippen LogP contribution in [0.5, 0.6) is 0 Å². The molecule has 6 heteroatoms. The molecule has 1 heterocycles. The van der Waals surface area contributed by atoms with E-state index in [2.05, 4.69) is 15.7 Å². The molecule has 0 radical (unpaired) electrons. The number of aryl methyl sites for hydroxylation is 2. The van der Waals surface area contributed by atoms with Gasteiger partial charge in [-0.1, -0.05) is 6.42 Å². The third-order valence-electron chi connectivity index (χ3n) is 3.76. The number of aliphatic hydroxyl groups excluding tert-OH is 1. The smallest absolute Gasteiger partial charge is 0.314 e. The van der Waals surface area contributed by atoms with Crippen LogP contribution in [0.15, 0.2) is 12.4 Å². The second-order valence-electron chi connectivity index (χ2n) is 5.53. The van der Waals surface area contributed by atoms with Gasteiger partial charge in [-0.2, -0.15) is 5.10 Å². The van der Waals surface area contributed by atoms with Gasteiger partial charge in [0.2, 0.25) is 0 Å². The highest BCUT2D eigenvalue weighted by molar-refractivity contribution is 5.73. The van der Waals surface area contributed by atoms with Gasteiger partial charge in [-0.15, -0.1) is 0 Å². The lowest BCUT2D eigenvalue weighted by Crippen LogP contribution is -2.40. The number of amides is 2. The molecule has 1 aromatic heterocycles. The molecule has 0 aliphatic heterocycles. The van der Waals surface area contributed by atoms with Crippen LogP contribution in [0.4, 0.5) is 4.79 Å². The Kier molecular flexibility index (Phi) is 5.40. The van der Waals surface area contributed by atoms with Crippen molar-refractivity contribution >= 4 is 6.03 Å². The van der Waals surface area contributed by atoms with E-state index in [9.17, 15) is 9.90 Å². The first-order valence-corrected chi connectivity index (χ1v) is 7.34. The lowest BCUT2D eigenvalue weighted by molar-refractivity contribution is 0.132. The SMILES string of the molecule is Cc1cnn(CCCNC(=O)NC[C@@H]2CCC[C@H]2O)c1. The molecule has 6 nitrogen and oxygen atoms in total. The van der Waals surface area contributed by atoms with Gasteiger partial charge in [0.15, 0.2) is 0 Å². The molecule has 0 unspecified atom stereocenters. The maximum Gasteiger partial charge on any atom is 0.314 e. The molecular weight excluding hydrogens is 256 g/mol. The fraction of sp³-hybridized carbons (Fsp3) is 0.714. The molecule has 1 aromatic rings. The van der Waals surface area contributed by atoms with E-state index in [0.717, 1.165) is 37.8 Å². The van der Waals surface area contributed by atoms with Crippen molar-refractivity contribution in [1.29, 1.82) is 0 Å². The Labute approximate surface area is 119 Å². The zero-order valence-electron chi connectivity index (χ0n) is 12.0. The van der Waals surface area contributed by atoms with Crippen LogP contribution >= 0.6 is 0 Å². The molecule has 0 bridgehead atoms. The van der Waals surface area contributed by atoms with Gasteiger partial charge in [-0.05, 0) is 31.7 Å². The highest BCUT2D eigenvalue weighted by atomic mass is 16.3. The first-order valence-electron chi connectivity index (χ1n) is 7.34. The Morgan fingerprint density at radius 3 is 3.00 bits per heavy atom. The Morgan fingerprint density at radius 1 is 1.50 bits per heavy atom. The summed E-state index contributed by atoms with van der Waals surface area (Å²) in [6, 6.07) is -0.152. The van der Waals surface area contributed by atoms with Crippen molar-refractivity contribution in [3.8, 4) is 0 Å². The van der Waals surface area contributed by atoms with Gasteiger partial charge < -0.3 is 15.7 Å². The van der Waals surface area contributed by atoms with Gasteiger partial charge in [0, 0.05) is 31.7 Å². The topological polar surface area (TPSA) is 79.2 Å². The van der Waals surface area contributed by atoms with Crippen molar-refractivity contribution in [3.63, 3.8) is 0 Å². The largest absolute Gasteiger partial charge is 0.393 e. The highest BCUT2D eigenvalue weighted by Crippen LogP contribution is 2.24. The summed E-state index contributed by atoms with van der Waals surface area (Å²) in [4.78, 5) is 11.6. The summed E-state index contributed by atoms with van der Waals surface area (Å²) in [6.07, 6.45) is 7.32. The van der Waals surface area contributed by atoms with Crippen LogP contribution in [0.3, 0.4) is 0 Å². The summed E-state index contributed by atoms with van der Waals surface area (Å²) in [5.41, 5.74) is 1.14. The zero-order valence-corrected chi connectivity index (χ0v) is 12.0. The fourth-order valence-electron chi connectivity index (χ4n) is 2.57. The molecule has 0 saturated heterocycles. The molecule has 0 spiro atoms. The van der Waals surface area contributed by atoms with E-state index in [1.807, 2.05) is 24.0 Å². The molecule has 2 rings (SSSR count). The van der Waals surface area contributed by atoms with Crippen molar-refractivity contribution in [1.82, 2.24) is 20.4 Å². The maximum atomic E-state index is 11.6. The number of nitrogens with zero attached hydrogens (tertiary/aromatic N) is 2. The van der Waals surface area contributed by atoms with Gasteiger partial charge in [0.1, 0.15) is 0 Å². The molecule has 1 aliphatic carbocycles. The third kappa shape index (κ3) is 4.52. The number of aliphatic hydroxyl groups is 1. The standard InChI is InChI=1S/C14H24N4O2/c1-11-8-17-18(10-11)7-3-6-15-14(20)16-9-12-4-2-5-13(12)19/h8,10,12-13,19H,2-7,9H2,1H3,(H2,15,16,20)/t12-,13+/m0/s1. The van der Waals surface area contributed by atoms with Crippen LogP contribution in [0.2, 0.25) is 0 Å². The van der Waals surface area contributed by atoms with E-state index in [0.29, 0.717) is 13.1 Å². The average molecular weight is 280 g/mol. The molecular formula is C14H24N4O2. The van der Waals surface area contributed by atoms with Crippen LogP contribution in [-0.2, 0) is 6.54 Å². The number of rotatable bonds is 6. The lowest BCUT2D eigenvalue weighted by atomic mass is 10.1. The molecule has 1 aliphatic rings. The summed E-state index contributed by atoms with van der Waals surface area (Å²) in [7, 11) is 0. The average Bonchev–Trinajstić information content (AvgIpc) is 3.01. The van der Waals surface area contributed by atoms with E-state index in [4.69, 9.17) is 0 Å². The van der Waals surface area contributed by atoms with Crippen LogP contribution in [-0.4, -0.2) is 40.1 Å². The minimum absolute atomic E-state index is 0.152. The van der Waals surface area contributed by atoms with Crippen LogP contribution < -0.4 is 10.6 Å². The van der Waals surface area contributed by atoms with Crippen molar-refractivity contribution in [3.05, 3.63) is 18.0 Å². The Morgan fingerprint density at radius 2 is 2.35 bits per heavy atom. The number of carbonyl (C=O) groups is 1. The monoisotopic (exact) mass is 280 g/mol. The first-order chi connectivity index (χ1) is 9.65. The Bertz CT molecular complexity index is 433. The highest BCUT2D eigenvalue weighted by Gasteiger charge is 2.25. The van der Waals surface area contributed by atoms with Crippen LogP contribution in [0.25, 0.3) is 0 Å². The number of carbonyl (C=O) groups excluding carboxylic acids is 1. The minimum atomic E-state index is -0.252. The Hall–Kier alpha value is -1.56. The molecule has 20 heavy (non-hydrogen) atoms. The summed E-state index contributed by atoms with van der Waals surface area (Å²) in [5, 5.41) is 19.5. The molecule has 0 aromatic carbocycles. The zero-order chi connectivity index (χ0) is 14.4. The number of nitrogens with one attached hydrogen (secondary N) is 2. The summed E-state index contributed by atoms with van der Waals surface area (Å²) >= 11 is 0. The summed E-state index contributed by atoms with van der Waals surface area (Å²) < 4.78 is 1.88. The second-order valence-corrected chi connectivity index (χ2v) is 5.53. The number of hydrogen-bond donors (Lipinski definition) is 3. The van der Waals surface area contributed by atoms with Crippen LogP contribution in [0.1, 0.15) is 31.2 Å². The van der Waals surface area contributed by atoms with Crippen molar-refractivity contribution < 1.29 is 9.90 Å². The van der Waals surface area contributed by atoms with Gasteiger partial charge >= 0.3 is 6.03 Å². The van der Waals surface area contributed by atoms with E-state index < -0.39 is 0 Å². The van der Waals surface area contributed by atoms with E-state index >= 15 is 0 Å². The Balaban J connectivity index is 1.54. The first kappa shape index (κ1) is 14.8. The second kappa shape index (κ2) is 7.28. The molecule has 3 N–H and O–H groups in total. The van der Waals surface area contributed by atoms with Crippen LogP contribution in [0, 0.1) is 12.8 Å². The van der Waals surface area contributed by atoms with Crippen molar-refractivity contribution in [2.45, 2.75) is 45.3 Å². The van der Waals surface area contributed by atoms with Gasteiger partial charge in [-0.3, -0.25) is 4.68 Å². The van der Waals surface area contributed by atoms with Gasteiger partial charge in [-0.25, -0.2) is 4.79 Å². The molecule has 2 amide bonds. The predicted octanol–water partition coefficient (Wildman–Crippen LogP) is 1.04. The number of urea groups is 1. The van der Waals surface area contributed by atoms with Crippen molar-refractivity contribution in [2.24, 2.45) is 5.92 Å². The van der Waals surface area contributed by atoms with E-state index in [-0.39, 0.29) is 18.1 Å². The van der Waals surface area contributed by atoms with Gasteiger partial charge in [0.25, 0.3) is 0 Å². The fourth-order valence-corrected chi connectivity index (χ4v) is 2.57. The minimum Gasteiger partial charge on any atom is -0.393 e. The summed E-state index contributed by atoms with van der Waals surface area (Å²) in [6.45, 7) is 3.99. The third-order valence-corrected chi connectivity index (χ3v) is 3.76. The quantitative estimate of drug-likeness (QED) is 0.681. The molecule has 112 valence electrons. The maximum absolute atomic E-state index is 11.6. The molecule has 1 fully saturated rings.